The average Bonchev–Trinajstić information content (AvgIpc) is 3.12. The van der Waals surface area contributed by atoms with Crippen molar-refractivity contribution in [2.45, 2.75) is 31.2 Å². The number of carbonyl (C=O) groups is 1. The standard InChI is InChI=1S/C20H26N2O4S2/c1-15-10-12-27-19(15)14-21(2)20(23)16-5-4-11-22(13-16)28(24,25)18-8-6-17(26-3)7-9-18/h6-10,12,16H,4-5,11,13-14H2,1-3H3/t16-/m1/s1. The van der Waals surface area contributed by atoms with Gasteiger partial charge in [-0.1, -0.05) is 0 Å². The third kappa shape index (κ3) is 4.39. The molecule has 1 saturated heterocycles. The Hall–Kier alpha value is -1.90. The van der Waals surface area contributed by atoms with Crippen LogP contribution >= 0.6 is 11.3 Å². The largest absolute Gasteiger partial charge is 0.497 e. The lowest BCUT2D eigenvalue weighted by Gasteiger charge is -2.33. The molecule has 6 nitrogen and oxygen atoms in total. The fourth-order valence-corrected chi connectivity index (χ4v) is 5.91. The van der Waals surface area contributed by atoms with Gasteiger partial charge in [0.05, 0.1) is 24.5 Å². The number of hydrogen-bond acceptors (Lipinski definition) is 5. The highest BCUT2D eigenvalue weighted by molar-refractivity contribution is 7.89. The highest BCUT2D eigenvalue weighted by Gasteiger charge is 2.34. The summed E-state index contributed by atoms with van der Waals surface area (Å²) in [6.07, 6.45) is 1.39. The normalized spacial score (nSPS) is 18.0. The van der Waals surface area contributed by atoms with Crippen LogP contribution in [0.1, 0.15) is 23.3 Å². The van der Waals surface area contributed by atoms with Gasteiger partial charge in [-0.25, -0.2) is 8.42 Å². The molecule has 0 spiro atoms. The smallest absolute Gasteiger partial charge is 0.243 e. The number of ether oxygens (including phenoxy) is 1. The summed E-state index contributed by atoms with van der Waals surface area (Å²) in [6.45, 7) is 3.25. The number of carbonyl (C=O) groups excluding carboxylic acids is 1. The van der Waals surface area contributed by atoms with Crippen molar-refractivity contribution >= 4 is 27.3 Å². The Morgan fingerprint density at radius 1 is 1.29 bits per heavy atom. The van der Waals surface area contributed by atoms with E-state index in [4.69, 9.17) is 4.74 Å². The Kier molecular flexibility index (Phi) is 6.42. The van der Waals surface area contributed by atoms with E-state index in [0.29, 0.717) is 31.7 Å². The fraction of sp³-hybridized carbons (Fsp3) is 0.450. The van der Waals surface area contributed by atoms with Crippen molar-refractivity contribution in [2.75, 3.05) is 27.2 Å². The molecule has 152 valence electrons. The minimum absolute atomic E-state index is 0.00225. The summed E-state index contributed by atoms with van der Waals surface area (Å²) in [7, 11) is -0.296. The summed E-state index contributed by atoms with van der Waals surface area (Å²) >= 11 is 1.64. The second-order valence-electron chi connectivity index (χ2n) is 7.10. The molecule has 28 heavy (non-hydrogen) atoms. The van der Waals surface area contributed by atoms with Gasteiger partial charge in [0, 0.05) is 25.0 Å². The third-order valence-electron chi connectivity index (χ3n) is 5.16. The second kappa shape index (κ2) is 8.63. The van der Waals surface area contributed by atoms with Crippen LogP contribution in [0.3, 0.4) is 0 Å². The highest BCUT2D eigenvalue weighted by Crippen LogP contribution is 2.27. The minimum Gasteiger partial charge on any atom is -0.497 e. The molecule has 0 unspecified atom stereocenters. The van der Waals surface area contributed by atoms with Crippen LogP contribution in [0.25, 0.3) is 0 Å². The number of rotatable bonds is 6. The molecular weight excluding hydrogens is 396 g/mol. The van der Waals surface area contributed by atoms with E-state index in [1.54, 1.807) is 54.7 Å². The Labute approximate surface area is 170 Å². The molecule has 3 rings (SSSR count). The summed E-state index contributed by atoms with van der Waals surface area (Å²) in [5.74, 6) is 0.297. The summed E-state index contributed by atoms with van der Waals surface area (Å²) in [6, 6.07) is 8.41. The molecule has 1 aliphatic heterocycles. The number of aryl methyl sites for hydroxylation is 1. The Morgan fingerprint density at radius 2 is 2.00 bits per heavy atom. The molecule has 8 heteroatoms. The lowest BCUT2D eigenvalue weighted by atomic mass is 9.98. The zero-order chi connectivity index (χ0) is 20.3. The van der Waals surface area contributed by atoms with Gasteiger partial charge in [-0.2, -0.15) is 4.31 Å². The van der Waals surface area contributed by atoms with Crippen LogP contribution in [0.2, 0.25) is 0 Å². The molecule has 2 aromatic rings. The van der Waals surface area contributed by atoms with E-state index >= 15 is 0 Å². The van der Waals surface area contributed by atoms with Crippen LogP contribution < -0.4 is 4.74 Å². The van der Waals surface area contributed by atoms with Crippen molar-refractivity contribution < 1.29 is 17.9 Å². The van der Waals surface area contributed by atoms with Gasteiger partial charge in [0.2, 0.25) is 15.9 Å². The number of sulfonamides is 1. The quantitative estimate of drug-likeness (QED) is 0.717. The molecule has 1 fully saturated rings. The van der Waals surface area contributed by atoms with Crippen molar-refractivity contribution in [3.05, 3.63) is 46.2 Å². The van der Waals surface area contributed by atoms with Crippen molar-refractivity contribution in [3.8, 4) is 5.75 Å². The maximum atomic E-state index is 13.0. The molecule has 0 bridgehead atoms. The van der Waals surface area contributed by atoms with Gasteiger partial charge in [0.15, 0.2) is 0 Å². The monoisotopic (exact) mass is 422 g/mol. The molecule has 0 radical (unpaired) electrons. The van der Waals surface area contributed by atoms with E-state index in [1.807, 2.05) is 18.4 Å². The molecule has 1 aliphatic rings. The van der Waals surface area contributed by atoms with Gasteiger partial charge < -0.3 is 9.64 Å². The molecule has 1 aromatic carbocycles. The third-order valence-corrected chi connectivity index (χ3v) is 8.04. The van der Waals surface area contributed by atoms with Gasteiger partial charge in [0.25, 0.3) is 0 Å². The maximum Gasteiger partial charge on any atom is 0.243 e. The average molecular weight is 423 g/mol. The zero-order valence-electron chi connectivity index (χ0n) is 16.4. The number of methoxy groups -OCH3 is 1. The predicted molar refractivity (Wildman–Crippen MR) is 110 cm³/mol. The number of benzene rings is 1. The van der Waals surface area contributed by atoms with Gasteiger partial charge in [-0.15, -0.1) is 11.3 Å². The first kappa shape index (κ1) is 20.8. The number of nitrogens with zero attached hydrogens (tertiary/aromatic N) is 2. The summed E-state index contributed by atoms with van der Waals surface area (Å²) in [5, 5.41) is 2.02. The van der Waals surface area contributed by atoms with Crippen LogP contribution in [-0.2, 0) is 21.4 Å². The summed E-state index contributed by atoms with van der Waals surface area (Å²) in [5.41, 5.74) is 1.18. The zero-order valence-corrected chi connectivity index (χ0v) is 18.1. The summed E-state index contributed by atoms with van der Waals surface area (Å²) in [4.78, 5) is 16.0. The van der Waals surface area contributed by atoms with Crippen LogP contribution in [0.5, 0.6) is 5.75 Å². The van der Waals surface area contributed by atoms with Crippen molar-refractivity contribution in [1.29, 1.82) is 0 Å². The lowest BCUT2D eigenvalue weighted by molar-refractivity contribution is -0.135. The Morgan fingerprint density at radius 3 is 2.61 bits per heavy atom. The molecule has 1 atom stereocenters. The first-order chi connectivity index (χ1) is 13.3. The van der Waals surface area contributed by atoms with Crippen molar-refractivity contribution in [2.24, 2.45) is 5.92 Å². The predicted octanol–water partition coefficient (Wildman–Crippen LogP) is 3.12. The van der Waals surface area contributed by atoms with E-state index in [1.165, 1.54) is 9.87 Å². The van der Waals surface area contributed by atoms with Crippen LogP contribution in [0, 0.1) is 12.8 Å². The second-order valence-corrected chi connectivity index (χ2v) is 10.0. The number of thiophene rings is 1. The van der Waals surface area contributed by atoms with E-state index < -0.39 is 10.0 Å². The van der Waals surface area contributed by atoms with Gasteiger partial charge in [0.1, 0.15) is 5.75 Å². The van der Waals surface area contributed by atoms with Crippen LogP contribution in [0.15, 0.2) is 40.6 Å². The minimum atomic E-state index is -3.63. The molecule has 0 saturated carbocycles. The highest BCUT2D eigenvalue weighted by atomic mass is 32.2. The number of amides is 1. The molecular formula is C20H26N2O4S2. The van der Waals surface area contributed by atoms with Gasteiger partial charge >= 0.3 is 0 Å². The molecule has 1 amide bonds. The topological polar surface area (TPSA) is 66.9 Å². The van der Waals surface area contributed by atoms with E-state index in [0.717, 1.165) is 4.88 Å². The SMILES string of the molecule is COc1ccc(S(=O)(=O)N2CCC[C@@H](C(=O)N(C)Cc3sccc3C)C2)cc1. The Balaban J connectivity index is 1.70. The number of piperidine rings is 1. The van der Waals surface area contributed by atoms with Gasteiger partial charge in [-0.05, 0) is 61.0 Å². The first-order valence-corrected chi connectivity index (χ1v) is 11.6. The van der Waals surface area contributed by atoms with Crippen LogP contribution in [0.4, 0.5) is 0 Å². The van der Waals surface area contributed by atoms with Gasteiger partial charge in [-0.3, -0.25) is 4.79 Å². The first-order valence-electron chi connectivity index (χ1n) is 9.25. The fourth-order valence-electron chi connectivity index (χ4n) is 3.43. The molecule has 0 N–H and O–H groups in total. The Bertz CT molecular complexity index is 922. The number of hydrogen-bond donors (Lipinski definition) is 0. The van der Waals surface area contributed by atoms with E-state index in [9.17, 15) is 13.2 Å². The molecule has 1 aromatic heterocycles. The molecule has 0 aliphatic carbocycles. The van der Waals surface area contributed by atoms with Crippen LogP contribution in [-0.4, -0.2) is 50.8 Å². The lowest BCUT2D eigenvalue weighted by Crippen LogP contribution is -2.45. The summed E-state index contributed by atoms with van der Waals surface area (Å²) < 4.78 is 32.5. The maximum absolute atomic E-state index is 13.0. The molecule has 2 heterocycles. The van der Waals surface area contributed by atoms with E-state index in [2.05, 4.69) is 0 Å². The van der Waals surface area contributed by atoms with Crippen molar-refractivity contribution in [3.63, 3.8) is 0 Å². The van der Waals surface area contributed by atoms with E-state index in [-0.39, 0.29) is 23.3 Å². The van der Waals surface area contributed by atoms with Crippen molar-refractivity contribution in [1.82, 2.24) is 9.21 Å².